The highest BCUT2D eigenvalue weighted by Crippen LogP contribution is 2.40. The summed E-state index contributed by atoms with van der Waals surface area (Å²) in [5.74, 6) is 0.162. The number of amides is 1. The van der Waals surface area contributed by atoms with Crippen molar-refractivity contribution in [3.63, 3.8) is 0 Å². The molecule has 1 aromatic carbocycles. The number of likely N-dealkylation sites (N-methyl/N-ethyl adjacent to an activating group) is 1. The van der Waals surface area contributed by atoms with Crippen molar-refractivity contribution in [3.8, 4) is 0 Å². The Labute approximate surface area is 143 Å². The fourth-order valence-electron chi connectivity index (χ4n) is 4.16. The number of rotatable bonds is 6. The summed E-state index contributed by atoms with van der Waals surface area (Å²) in [5.41, 5.74) is 3.40. The third-order valence-electron chi connectivity index (χ3n) is 5.17. The van der Waals surface area contributed by atoms with Gasteiger partial charge in [-0.1, -0.05) is 25.1 Å². The maximum atomic E-state index is 13.1. The Bertz CT molecular complexity index is 722. The quantitative estimate of drug-likeness (QED) is 0.776. The molecule has 130 valence electrons. The van der Waals surface area contributed by atoms with Crippen molar-refractivity contribution in [2.24, 2.45) is 0 Å². The molecule has 1 atom stereocenters. The van der Waals surface area contributed by atoms with E-state index < -0.39 is 0 Å². The first-order chi connectivity index (χ1) is 11.7. The summed E-state index contributed by atoms with van der Waals surface area (Å²) in [6.07, 6.45) is 3.81. The van der Waals surface area contributed by atoms with E-state index in [9.17, 15) is 9.18 Å². The summed E-state index contributed by atoms with van der Waals surface area (Å²) in [5, 5.41) is 1.13. The summed E-state index contributed by atoms with van der Waals surface area (Å²) in [6.45, 7) is 5.72. The molecular formula is C20H27FN2O. The molecule has 1 aromatic heterocycles. The maximum Gasteiger partial charge on any atom is 0.230 e. The van der Waals surface area contributed by atoms with Gasteiger partial charge >= 0.3 is 0 Å². The van der Waals surface area contributed by atoms with E-state index in [-0.39, 0.29) is 18.5 Å². The smallest absolute Gasteiger partial charge is 0.230 e. The van der Waals surface area contributed by atoms with E-state index in [2.05, 4.69) is 23.6 Å². The standard InChI is InChI=1S/C20H27FN2O/c1-3-13-22(4-2)20(24)16-9-7-11-18-19(16)15-8-5-6-10-17(15)23(18)14-12-21/h5-6,8,10,16H,3-4,7,9,11-14H2,1-2H3/i21-1. The van der Waals surface area contributed by atoms with Crippen molar-refractivity contribution in [1.82, 2.24) is 9.47 Å². The van der Waals surface area contributed by atoms with Crippen molar-refractivity contribution in [2.75, 3.05) is 19.8 Å². The number of carbonyl (C=O) groups is 1. The van der Waals surface area contributed by atoms with Gasteiger partial charge in [0.05, 0.1) is 12.5 Å². The zero-order valence-corrected chi connectivity index (χ0v) is 14.7. The second-order valence-corrected chi connectivity index (χ2v) is 6.58. The number of carbonyl (C=O) groups excluding carboxylic acids is 1. The number of aromatic nitrogens is 1. The Balaban J connectivity index is 2.10. The topological polar surface area (TPSA) is 25.2 Å². The zero-order chi connectivity index (χ0) is 17.1. The molecule has 1 unspecified atom stereocenters. The fraction of sp³-hybridized carbons (Fsp3) is 0.550. The third-order valence-corrected chi connectivity index (χ3v) is 5.17. The van der Waals surface area contributed by atoms with Crippen LogP contribution in [0.15, 0.2) is 24.3 Å². The molecule has 0 saturated carbocycles. The summed E-state index contributed by atoms with van der Waals surface area (Å²) < 4.78 is 15.2. The highest BCUT2D eigenvalue weighted by molar-refractivity contribution is 5.94. The van der Waals surface area contributed by atoms with E-state index in [1.54, 1.807) is 0 Å². The minimum Gasteiger partial charge on any atom is -0.342 e. The summed E-state index contributed by atoms with van der Waals surface area (Å²) in [4.78, 5) is 15.1. The van der Waals surface area contributed by atoms with Crippen LogP contribution in [0.2, 0.25) is 0 Å². The Kier molecular flexibility index (Phi) is 5.22. The zero-order valence-electron chi connectivity index (χ0n) is 14.7. The third kappa shape index (κ3) is 2.83. The lowest BCUT2D eigenvalue weighted by Gasteiger charge is -2.29. The fourth-order valence-corrected chi connectivity index (χ4v) is 4.16. The van der Waals surface area contributed by atoms with Gasteiger partial charge in [-0.15, -0.1) is 0 Å². The molecule has 0 radical (unpaired) electrons. The summed E-state index contributed by atoms with van der Waals surface area (Å²) in [7, 11) is 0. The van der Waals surface area contributed by atoms with Gasteiger partial charge < -0.3 is 9.47 Å². The van der Waals surface area contributed by atoms with Crippen LogP contribution in [0.5, 0.6) is 0 Å². The van der Waals surface area contributed by atoms with Gasteiger partial charge in [-0.3, -0.25) is 4.79 Å². The van der Waals surface area contributed by atoms with Crippen molar-refractivity contribution >= 4 is 16.8 Å². The van der Waals surface area contributed by atoms with Crippen LogP contribution in [-0.2, 0) is 17.8 Å². The highest BCUT2D eigenvalue weighted by atomic mass is 18.2. The molecule has 0 N–H and O–H groups in total. The van der Waals surface area contributed by atoms with Crippen LogP contribution in [0.3, 0.4) is 0 Å². The average molecular weight is 329 g/mol. The number of halogens is 1. The first kappa shape index (κ1) is 17.0. The SMILES string of the molecule is CCCN(CC)C(=O)C1CCCc2c1c1ccccc1n2CC[18F]. The molecule has 24 heavy (non-hydrogen) atoms. The lowest BCUT2D eigenvalue weighted by atomic mass is 9.84. The Morgan fingerprint density at radius 3 is 2.83 bits per heavy atom. The van der Waals surface area contributed by atoms with E-state index >= 15 is 0 Å². The molecule has 1 amide bonds. The van der Waals surface area contributed by atoms with E-state index in [1.165, 1.54) is 5.69 Å². The van der Waals surface area contributed by atoms with Crippen molar-refractivity contribution < 1.29 is 9.18 Å². The number of hydrogen-bond donors (Lipinski definition) is 0. The molecule has 1 aliphatic carbocycles. The second kappa shape index (κ2) is 7.37. The lowest BCUT2D eigenvalue weighted by molar-refractivity contribution is -0.133. The molecule has 1 heterocycles. The number of aryl methyl sites for hydroxylation is 1. The van der Waals surface area contributed by atoms with Crippen LogP contribution >= 0.6 is 0 Å². The van der Waals surface area contributed by atoms with Crippen molar-refractivity contribution in [1.29, 1.82) is 0 Å². The molecule has 1 aliphatic rings. The highest BCUT2D eigenvalue weighted by Gasteiger charge is 2.33. The van der Waals surface area contributed by atoms with Crippen LogP contribution in [0.4, 0.5) is 4.39 Å². The van der Waals surface area contributed by atoms with Crippen LogP contribution < -0.4 is 0 Å². The summed E-state index contributed by atoms with van der Waals surface area (Å²) >= 11 is 0. The second-order valence-electron chi connectivity index (χ2n) is 6.58. The number of nitrogens with zero attached hydrogens (tertiary/aromatic N) is 2. The minimum atomic E-state index is -0.374. The molecule has 0 bridgehead atoms. The molecule has 3 rings (SSSR count). The average Bonchev–Trinajstić information content (AvgIpc) is 2.94. The van der Waals surface area contributed by atoms with Gasteiger partial charge in [0.25, 0.3) is 0 Å². The number of fused-ring (bicyclic) bond motifs is 3. The number of alkyl halides is 1. The molecule has 0 fully saturated rings. The molecule has 0 spiro atoms. The van der Waals surface area contributed by atoms with Gasteiger partial charge in [-0.2, -0.15) is 0 Å². The number of para-hydroxylation sites is 1. The maximum absolute atomic E-state index is 13.1. The Morgan fingerprint density at radius 2 is 2.12 bits per heavy atom. The number of benzene rings is 1. The Morgan fingerprint density at radius 1 is 1.33 bits per heavy atom. The molecule has 4 heteroatoms. The molecule has 0 aliphatic heterocycles. The van der Waals surface area contributed by atoms with Gasteiger partial charge in [0.15, 0.2) is 0 Å². The van der Waals surface area contributed by atoms with Crippen molar-refractivity contribution in [3.05, 3.63) is 35.5 Å². The van der Waals surface area contributed by atoms with E-state index in [0.717, 1.165) is 55.2 Å². The van der Waals surface area contributed by atoms with Crippen LogP contribution in [0, 0.1) is 0 Å². The van der Waals surface area contributed by atoms with Gasteiger partial charge in [-0.25, -0.2) is 4.39 Å². The van der Waals surface area contributed by atoms with Gasteiger partial charge in [0, 0.05) is 29.7 Å². The monoisotopic (exact) mass is 329 g/mol. The molecule has 2 aromatic rings. The van der Waals surface area contributed by atoms with Crippen LogP contribution in [0.25, 0.3) is 10.9 Å². The largest absolute Gasteiger partial charge is 0.342 e. The summed E-state index contributed by atoms with van der Waals surface area (Å²) in [6, 6.07) is 8.15. The first-order valence-corrected chi connectivity index (χ1v) is 9.17. The van der Waals surface area contributed by atoms with E-state index in [4.69, 9.17) is 0 Å². The Hall–Kier alpha value is -1.84. The van der Waals surface area contributed by atoms with Gasteiger partial charge in [0.1, 0.15) is 6.67 Å². The van der Waals surface area contributed by atoms with Gasteiger partial charge in [0.2, 0.25) is 5.91 Å². The van der Waals surface area contributed by atoms with Crippen LogP contribution in [-0.4, -0.2) is 35.1 Å². The van der Waals surface area contributed by atoms with E-state index in [0.29, 0.717) is 6.54 Å². The molecular weight excluding hydrogens is 302 g/mol. The predicted molar refractivity (Wildman–Crippen MR) is 96.1 cm³/mol. The normalized spacial score (nSPS) is 17.0. The van der Waals surface area contributed by atoms with Crippen molar-refractivity contribution in [2.45, 2.75) is 52.0 Å². The lowest BCUT2D eigenvalue weighted by Crippen LogP contribution is -2.36. The van der Waals surface area contributed by atoms with Crippen LogP contribution in [0.1, 0.15) is 50.3 Å². The molecule has 3 nitrogen and oxygen atoms in total. The first-order valence-electron chi connectivity index (χ1n) is 9.17. The predicted octanol–water partition coefficient (Wildman–Crippen LogP) is 4.29. The minimum absolute atomic E-state index is 0.0778. The molecule has 0 saturated heterocycles. The van der Waals surface area contributed by atoms with E-state index in [1.807, 2.05) is 24.0 Å². The number of hydrogen-bond acceptors (Lipinski definition) is 1. The van der Waals surface area contributed by atoms with Gasteiger partial charge in [-0.05, 0) is 44.2 Å².